The first-order valence-electron chi connectivity index (χ1n) is 10.2. The van der Waals surface area contributed by atoms with Crippen LogP contribution in [-0.4, -0.2) is 45.4 Å². The van der Waals surface area contributed by atoms with Crippen LogP contribution in [0.3, 0.4) is 0 Å². The molecule has 0 spiro atoms. The largest absolute Gasteiger partial charge is 0.509 e. The molecule has 5 rings (SSSR count). The molecular formula is C23H23N5O. The number of likely N-dealkylation sites (tertiary alicyclic amines) is 1. The van der Waals surface area contributed by atoms with Crippen molar-refractivity contribution >= 4 is 22.3 Å². The van der Waals surface area contributed by atoms with Gasteiger partial charge in [0.2, 0.25) is 0 Å². The number of aromatic hydroxyl groups is 1. The summed E-state index contributed by atoms with van der Waals surface area (Å²) in [4.78, 5) is 5.97. The van der Waals surface area contributed by atoms with Gasteiger partial charge >= 0.3 is 0 Å². The molecule has 6 heteroatoms. The monoisotopic (exact) mass is 385 g/mol. The van der Waals surface area contributed by atoms with E-state index in [0.29, 0.717) is 23.0 Å². The summed E-state index contributed by atoms with van der Waals surface area (Å²) in [6.45, 7) is 9.38. The van der Waals surface area contributed by atoms with E-state index in [-0.39, 0.29) is 5.75 Å². The van der Waals surface area contributed by atoms with Crippen molar-refractivity contribution in [3.63, 3.8) is 0 Å². The maximum absolute atomic E-state index is 10.4. The van der Waals surface area contributed by atoms with Crippen molar-refractivity contribution in [3.05, 3.63) is 53.9 Å². The van der Waals surface area contributed by atoms with Crippen LogP contribution in [0.1, 0.15) is 25.7 Å². The van der Waals surface area contributed by atoms with Crippen molar-refractivity contribution in [1.29, 1.82) is 0 Å². The quantitative estimate of drug-likeness (QED) is 0.643. The lowest BCUT2D eigenvalue weighted by Gasteiger charge is -2.33. The zero-order valence-corrected chi connectivity index (χ0v) is 16.2. The molecule has 3 aromatic rings. The molecule has 6 nitrogen and oxygen atoms in total. The van der Waals surface area contributed by atoms with Gasteiger partial charge in [-0.2, -0.15) is 0 Å². The van der Waals surface area contributed by atoms with Gasteiger partial charge in [-0.15, -0.1) is 10.2 Å². The number of aromatic nitrogens is 2. The molecule has 2 aliphatic rings. The molecule has 0 unspecified atom stereocenters. The number of phenolic OH excluding ortho intramolecular Hbond substituents is 1. The van der Waals surface area contributed by atoms with Crippen molar-refractivity contribution in [1.82, 2.24) is 15.1 Å². The Morgan fingerprint density at radius 1 is 1.07 bits per heavy atom. The predicted molar refractivity (Wildman–Crippen MR) is 114 cm³/mol. The Morgan fingerprint density at radius 3 is 2.66 bits per heavy atom. The van der Waals surface area contributed by atoms with Gasteiger partial charge < -0.3 is 10.4 Å². The van der Waals surface area contributed by atoms with Crippen molar-refractivity contribution in [2.75, 3.05) is 18.4 Å². The van der Waals surface area contributed by atoms with Gasteiger partial charge in [-0.25, -0.2) is 4.85 Å². The maximum Gasteiger partial charge on any atom is 0.190 e. The smallest absolute Gasteiger partial charge is 0.190 e. The van der Waals surface area contributed by atoms with Crippen molar-refractivity contribution in [2.45, 2.75) is 37.8 Å². The van der Waals surface area contributed by atoms with E-state index in [4.69, 9.17) is 6.57 Å². The van der Waals surface area contributed by atoms with E-state index in [1.54, 1.807) is 12.1 Å². The Labute approximate surface area is 170 Å². The number of phenols is 1. The predicted octanol–water partition coefficient (Wildman–Crippen LogP) is 4.59. The molecule has 1 saturated heterocycles. The van der Waals surface area contributed by atoms with E-state index < -0.39 is 0 Å². The first-order chi connectivity index (χ1) is 14.2. The molecule has 1 aliphatic carbocycles. The fraction of sp³-hybridized carbons (Fsp3) is 0.348. The van der Waals surface area contributed by atoms with Gasteiger partial charge in [0.1, 0.15) is 11.4 Å². The Morgan fingerprint density at radius 2 is 1.90 bits per heavy atom. The summed E-state index contributed by atoms with van der Waals surface area (Å²) in [6.07, 6.45) is 5.01. The van der Waals surface area contributed by atoms with Gasteiger partial charge in [0, 0.05) is 35.0 Å². The van der Waals surface area contributed by atoms with Crippen LogP contribution in [0, 0.1) is 6.57 Å². The van der Waals surface area contributed by atoms with Gasteiger partial charge in [-0.1, -0.05) is 36.4 Å². The molecule has 1 saturated carbocycles. The molecular weight excluding hydrogens is 362 g/mol. The highest BCUT2D eigenvalue weighted by molar-refractivity contribution is 6.01. The lowest BCUT2D eigenvalue weighted by atomic mass is 10.0. The standard InChI is InChI=1S/C23H23N5O/c1-24-15-8-11-20(21(29)13-15)22-18-6-2-3-7-19(18)23(27-26-22)25-16-5-4-12-28(14-16)17-9-10-17/h2-3,6-8,11,13,16-17,29H,4-5,9-10,12,14H2,(H,25,27)/t16-/m1/s1. The van der Waals surface area contributed by atoms with Crippen LogP contribution in [-0.2, 0) is 0 Å². The fourth-order valence-electron chi connectivity index (χ4n) is 4.29. The van der Waals surface area contributed by atoms with Gasteiger partial charge in [-0.3, -0.25) is 4.90 Å². The first kappa shape index (κ1) is 17.9. The summed E-state index contributed by atoms with van der Waals surface area (Å²) >= 11 is 0. The first-order valence-corrected chi connectivity index (χ1v) is 10.2. The van der Waals surface area contributed by atoms with E-state index in [9.17, 15) is 5.11 Å². The summed E-state index contributed by atoms with van der Waals surface area (Å²) in [5.41, 5.74) is 1.62. The number of anilines is 1. The Hall–Kier alpha value is -3.17. The van der Waals surface area contributed by atoms with E-state index in [0.717, 1.165) is 35.6 Å². The fourth-order valence-corrected chi connectivity index (χ4v) is 4.29. The summed E-state index contributed by atoms with van der Waals surface area (Å²) in [5.74, 6) is 0.843. The zero-order valence-electron chi connectivity index (χ0n) is 16.2. The van der Waals surface area contributed by atoms with Gasteiger partial charge in [0.05, 0.1) is 6.57 Å². The van der Waals surface area contributed by atoms with E-state index in [2.05, 4.69) is 25.3 Å². The van der Waals surface area contributed by atoms with E-state index in [1.165, 1.54) is 31.9 Å². The van der Waals surface area contributed by atoms with Crippen LogP contribution in [0.2, 0.25) is 0 Å². The third kappa shape index (κ3) is 3.50. The highest BCUT2D eigenvalue weighted by Crippen LogP contribution is 2.37. The third-order valence-corrected chi connectivity index (χ3v) is 5.91. The maximum atomic E-state index is 10.4. The normalized spacial score (nSPS) is 19.8. The average Bonchev–Trinajstić information content (AvgIpc) is 3.60. The average molecular weight is 385 g/mol. The minimum Gasteiger partial charge on any atom is -0.509 e. The molecule has 1 aromatic heterocycles. The van der Waals surface area contributed by atoms with Crippen molar-refractivity contribution in [2.24, 2.45) is 0 Å². The molecule has 2 aromatic carbocycles. The van der Waals surface area contributed by atoms with Crippen LogP contribution in [0.5, 0.6) is 5.75 Å². The highest BCUT2D eigenvalue weighted by atomic mass is 16.3. The van der Waals surface area contributed by atoms with Gasteiger partial charge in [-0.05, 0) is 38.3 Å². The second kappa shape index (κ2) is 7.34. The number of piperidine rings is 1. The molecule has 0 bridgehead atoms. The highest BCUT2D eigenvalue weighted by Gasteiger charge is 2.32. The summed E-state index contributed by atoms with van der Waals surface area (Å²) in [7, 11) is 0. The van der Waals surface area contributed by atoms with Crippen LogP contribution < -0.4 is 5.32 Å². The lowest BCUT2D eigenvalue weighted by molar-refractivity contribution is 0.207. The van der Waals surface area contributed by atoms with Gasteiger partial charge in [0.15, 0.2) is 11.5 Å². The van der Waals surface area contributed by atoms with E-state index in [1.807, 2.05) is 24.3 Å². The number of hydrogen-bond acceptors (Lipinski definition) is 5. The summed E-state index contributed by atoms with van der Waals surface area (Å²) < 4.78 is 0. The summed E-state index contributed by atoms with van der Waals surface area (Å²) in [5, 5.41) is 24.9. The number of fused-ring (bicyclic) bond motifs is 1. The molecule has 0 amide bonds. The van der Waals surface area contributed by atoms with Crippen molar-refractivity contribution < 1.29 is 5.11 Å². The van der Waals surface area contributed by atoms with Crippen LogP contribution in [0.4, 0.5) is 11.5 Å². The molecule has 2 heterocycles. The molecule has 2 fully saturated rings. The Bertz CT molecular complexity index is 1100. The van der Waals surface area contributed by atoms with Crippen molar-refractivity contribution in [3.8, 4) is 17.0 Å². The lowest BCUT2D eigenvalue weighted by Crippen LogP contribution is -2.43. The number of rotatable bonds is 4. The minimum atomic E-state index is 0.0472. The number of hydrogen-bond donors (Lipinski definition) is 2. The summed E-state index contributed by atoms with van der Waals surface area (Å²) in [6, 6.07) is 14.1. The topological polar surface area (TPSA) is 65.6 Å². The number of nitrogens with zero attached hydrogens (tertiary/aromatic N) is 4. The molecule has 1 aliphatic heterocycles. The molecule has 146 valence electrons. The SMILES string of the molecule is [C-]#[N+]c1ccc(-c2nnc(N[C@@H]3CCCN(C4CC4)C3)c3ccccc23)c(O)c1. The van der Waals surface area contributed by atoms with Crippen LogP contribution in [0.15, 0.2) is 42.5 Å². The Balaban J connectivity index is 1.49. The second-order valence-corrected chi connectivity index (χ2v) is 7.97. The van der Waals surface area contributed by atoms with Crippen LogP contribution >= 0.6 is 0 Å². The molecule has 29 heavy (non-hydrogen) atoms. The Kier molecular flexibility index (Phi) is 4.53. The second-order valence-electron chi connectivity index (χ2n) is 7.97. The molecule has 0 radical (unpaired) electrons. The minimum absolute atomic E-state index is 0.0472. The van der Waals surface area contributed by atoms with E-state index >= 15 is 0 Å². The molecule has 2 N–H and O–H groups in total. The zero-order chi connectivity index (χ0) is 19.8. The molecule has 1 atom stereocenters. The third-order valence-electron chi connectivity index (χ3n) is 5.91. The number of nitrogens with one attached hydrogen (secondary N) is 1. The van der Waals surface area contributed by atoms with Gasteiger partial charge in [0.25, 0.3) is 0 Å². The van der Waals surface area contributed by atoms with Crippen LogP contribution in [0.25, 0.3) is 26.9 Å². The number of benzene rings is 2.